The van der Waals surface area contributed by atoms with Crippen LogP contribution in [-0.2, 0) is 6.42 Å². The third-order valence-corrected chi connectivity index (χ3v) is 3.83. The van der Waals surface area contributed by atoms with Crippen molar-refractivity contribution in [1.82, 2.24) is 4.98 Å². The zero-order valence-corrected chi connectivity index (χ0v) is 13.7. The van der Waals surface area contributed by atoms with Crippen LogP contribution in [0.5, 0.6) is 0 Å². The fraction of sp³-hybridized carbons (Fsp3) is 0.263. The SMILES string of the molecule is CC1(C)CC(=O)c2ccc(C=Cc3ccccc3)nc2C1.Cl. The van der Waals surface area contributed by atoms with Gasteiger partial charge >= 0.3 is 0 Å². The van der Waals surface area contributed by atoms with Crippen molar-refractivity contribution in [2.24, 2.45) is 5.41 Å². The summed E-state index contributed by atoms with van der Waals surface area (Å²) in [7, 11) is 0. The van der Waals surface area contributed by atoms with Gasteiger partial charge in [0.25, 0.3) is 0 Å². The van der Waals surface area contributed by atoms with E-state index in [0.717, 1.165) is 28.9 Å². The van der Waals surface area contributed by atoms with Crippen LogP contribution < -0.4 is 0 Å². The van der Waals surface area contributed by atoms with E-state index in [1.165, 1.54) is 0 Å². The highest BCUT2D eigenvalue weighted by Gasteiger charge is 2.31. The fourth-order valence-corrected chi connectivity index (χ4v) is 2.79. The normalized spacial score (nSPS) is 16.2. The molecule has 3 heteroatoms. The summed E-state index contributed by atoms with van der Waals surface area (Å²) in [5.74, 6) is 0.215. The van der Waals surface area contributed by atoms with Crippen LogP contribution in [0, 0.1) is 5.41 Å². The Bertz CT molecular complexity index is 705. The summed E-state index contributed by atoms with van der Waals surface area (Å²) < 4.78 is 0. The van der Waals surface area contributed by atoms with Gasteiger partial charge in [-0.2, -0.15) is 0 Å². The van der Waals surface area contributed by atoms with Crippen LogP contribution >= 0.6 is 12.4 Å². The Morgan fingerprint density at radius 2 is 1.73 bits per heavy atom. The van der Waals surface area contributed by atoms with E-state index in [2.05, 4.69) is 31.0 Å². The number of hydrogen-bond donors (Lipinski definition) is 0. The Hall–Kier alpha value is -1.93. The van der Waals surface area contributed by atoms with Crippen LogP contribution in [-0.4, -0.2) is 10.8 Å². The van der Waals surface area contributed by atoms with E-state index in [1.54, 1.807) is 0 Å². The average Bonchev–Trinajstić information content (AvgIpc) is 2.44. The fourth-order valence-electron chi connectivity index (χ4n) is 2.79. The summed E-state index contributed by atoms with van der Waals surface area (Å²) >= 11 is 0. The Labute approximate surface area is 137 Å². The first-order chi connectivity index (χ1) is 10.0. The highest BCUT2D eigenvalue weighted by molar-refractivity contribution is 5.98. The van der Waals surface area contributed by atoms with Gasteiger partial charge in [-0.15, -0.1) is 12.4 Å². The average molecular weight is 314 g/mol. The van der Waals surface area contributed by atoms with Crippen molar-refractivity contribution < 1.29 is 4.79 Å². The second-order valence-corrected chi connectivity index (χ2v) is 6.42. The monoisotopic (exact) mass is 313 g/mol. The van der Waals surface area contributed by atoms with Crippen molar-refractivity contribution in [3.8, 4) is 0 Å². The molecule has 0 spiro atoms. The van der Waals surface area contributed by atoms with Crippen molar-refractivity contribution in [2.45, 2.75) is 26.7 Å². The van der Waals surface area contributed by atoms with Gasteiger partial charge in [0.15, 0.2) is 5.78 Å². The van der Waals surface area contributed by atoms with E-state index in [9.17, 15) is 4.79 Å². The van der Waals surface area contributed by atoms with Gasteiger partial charge in [0.05, 0.1) is 11.4 Å². The Morgan fingerprint density at radius 1 is 1.00 bits per heavy atom. The highest BCUT2D eigenvalue weighted by atomic mass is 35.5. The van der Waals surface area contributed by atoms with E-state index in [-0.39, 0.29) is 23.6 Å². The number of nitrogens with zero attached hydrogens (tertiary/aromatic N) is 1. The van der Waals surface area contributed by atoms with E-state index >= 15 is 0 Å². The lowest BCUT2D eigenvalue weighted by atomic mass is 9.75. The topological polar surface area (TPSA) is 30.0 Å². The molecule has 2 nitrogen and oxygen atoms in total. The summed E-state index contributed by atoms with van der Waals surface area (Å²) in [5.41, 5.74) is 3.80. The molecule has 3 rings (SSSR count). The Morgan fingerprint density at radius 3 is 2.45 bits per heavy atom. The number of rotatable bonds is 2. The molecule has 1 aliphatic carbocycles. The zero-order chi connectivity index (χ0) is 14.9. The molecule has 1 aromatic heterocycles. The molecule has 0 radical (unpaired) electrons. The summed E-state index contributed by atoms with van der Waals surface area (Å²) in [6.07, 6.45) is 5.52. The number of hydrogen-bond acceptors (Lipinski definition) is 2. The van der Waals surface area contributed by atoms with E-state index in [4.69, 9.17) is 0 Å². The molecule has 0 amide bonds. The minimum Gasteiger partial charge on any atom is -0.294 e. The summed E-state index contributed by atoms with van der Waals surface area (Å²) in [6.45, 7) is 4.25. The van der Waals surface area contributed by atoms with Crippen LogP contribution in [0.25, 0.3) is 12.2 Å². The molecule has 114 valence electrons. The van der Waals surface area contributed by atoms with Crippen LogP contribution in [0.15, 0.2) is 42.5 Å². The quantitative estimate of drug-likeness (QED) is 0.795. The molecular weight excluding hydrogens is 294 g/mol. The number of aromatic nitrogens is 1. The molecule has 0 saturated heterocycles. The standard InChI is InChI=1S/C19H19NO.ClH/c1-19(2)12-17-16(18(21)13-19)11-10-15(20-17)9-8-14-6-4-3-5-7-14;/h3-11H,12-13H2,1-2H3;1H. The van der Waals surface area contributed by atoms with Crippen molar-refractivity contribution in [2.75, 3.05) is 0 Å². The third-order valence-electron chi connectivity index (χ3n) is 3.83. The highest BCUT2D eigenvalue weighted by Crippen LogP contribution is 2.33. The molecule has 22 heavy (non-hydrogen) atoms. The van der Waals surface area contributed by atoms with Crippen molar-refractivity contribution >= 4 is 30.3 Å². The van der Waals surface area contributed by atoms with Gasteiger partial charge < -0.3 is 0 Å². The molecule has 0 N–H and O–H groups in total. The predicted octanol–water partition coefficient (Wildman–Crippen LogP) is 4.83. The van der Waals surface area contributed by atoms with Gasteiger partial charge in [0.1, 0.15) is 0 Å². The number of ketones is 1. The maximum absolute atomic E-state index is 12.1. The zero-order valence-electron chi connectivity index (χ0n) is 12.9. The second-order valence-electron chi connectivity index (χ2n) is 6.42. The molecule has 0 bridgehead atoms. The molecule has 0 aliphatic heterocycles. The predicted molar refractivity (Wildman–Crippen MR) is 93.3 cm³/mol. The number of fused-ring (bicyclic) bond motifs is 1. The van der Waals surface area contributed by atoms with Gasteiger partial charge in [0.2, 0.25) is 0 Å². The second kappa shape index (κ2) is 6.45. The van der Waals surface area contributed by atoms with Crippen molar-refractivity contribution in [3.05, 3.63) is 65.0 Å². The first-order valence-corrected chi connectivity index (χ1v) is 7.30. The molecule has 1 aromatic carbocycles. The van der Waals surface area contributed by atoms with Crippen LogP contribution in [0.4, 0.5) is 0 Å². The molecule has 2 aromatic rings. The van der Waals surface area contributed by atoms with Crippen LogP contribution in [0.2, 0.25) is 0 Å². The molecular formula is C19H20ClNO. The van der Waals surface area contributed by atoms with E-state index in [0.29, 0.717) is 6.42 Å². The summed E-state index contributed by atoms with van der Waals surface area (Å²) in [4.78, 5) is 16.8. The van der Waals surface area contributed by atoms with Gasteiger partial charge in [-0.05, 0) is 35.6 Å². The van der Waals surface area contributed by atoms with E-state index < -0.39 is 0 Å². The largest absolute Gasteiger partial charge is 0.294 e. The number of carbonyl (C=O) groups is 1. The molecule has 1 aliphatic rings. The molecule has 0 saturated carbocycles. The number of Topliss-reactive ketones (excluding diaryl/α,β-unsaturated/α-hetero) is 1. The minimum atomic E-state index is 0. The van der Waals surface area contributed by atoms with Gasteiger partial charge in [-0.25, -0.2) is 0 Å². The molecule has 1 heterocycles. The molecule has 0 fully saturated rings. The number of pyridine rings is 1. The lowest BCUT2D eigenvalue weighted by molar-refractivity contribution is 0.0910. The maximum atomic E-state index is 12.1. The molecule has 0 unspecified atom stereocenters. The van der Waals surface area contributed by atoms with Gasteiger partial charge in [-0.3, -0.25) is 9.78 Å². The van der Waals surface area contributed by atoms with Crippen LogP contribution in [0.1, 0.15) is 47.6 Å². The summed E-state index contributed by atoms with van der Waals surface area (Å²) in [5, 5.41) is 0. The Kier molecular flexibility index (Phi) is 4.82. The lowest BCUT2D eigenvalue weighted by Crippen LogP contribution is -2.27. The van der Waals surface area contributed by atoms with Crippen molar-refractivity contribution in [1.29, 1.82) is 0 Å². The van der Waals surface area contributed by atoms with Gasteiger partial charge in [-0.1, -0.05) is 50.3 Å². The Balaban J connectivity index is 0.00000176. The first kappa shape index (κ1) is 16.4. The third kappa shape index (κ3) is 3.63. The van der Waals surface area contributed by atoms with Crippen molar-refractivity contribution in [3.63, 3.8) is 0 Å². The van der Waals surface area contributed by atoms with Gasteiger partial charge in [0, 0.05) is 12.0 Å². The van der Waals surface area contributed by atoms with Crippen LogP contribution in [0.3, 0.4) is 0 Å². The maximum Gasteiger partial charge on any atom is 0.165 e. The minimum absolute atomic E-state index is 0. The first-order valence-electron chi connectivity index (χ1n) is 7.30. The van der Waals surface area contributed by atoms with E-state index in [1.807, 2.05) is 42.5 Å². The number of halogens is 1. The summed E-state index contributed by atoms with van der Waals surface area (Å²) in [6, 6.07) is 14.0. The number of carbonyl (C=O) groups excluding carboxylic acids is 1. The lowest BCUT2D eigenvalue weighted by Gasteiger charge is -2.29. The molecule has 0 atom stereocenters. The number of benzene rings is 1. The smallest absolute Gasteiger partial charge is 0.165 e.